The minimum absolute atomic E-state index is 0.0727. The van der Waals surface area contributed by atoms with E-state index in [9.17, 15) is 13.2 Å². The van der Waals surface area contributed by atoms with Gasteiger partial charge in [0.2, 0.25) is 0 Å². The van der Waals surface area contributed by atoms with Gasteiger partial charge in [-0.15, -0.1) is 0 Å². The Bertz CT molecular complexity index is 462. The number of nitrogens with two attached hydrogens (primary N) is 1. The summed E-state index contributed by atoms with van der Waals surface area (Å²) >= 11 is 1.79. The van der Waals surface area contributed by atoms with Crippen molar-refractivity contribution in [2.45, 2.75) is 31.3 Å². The molecule has 19 heavy (non-hydrogen) atoms. The third-order valence-corrected chi connectivity index (χ3v) is 4.86. The number of rotatable bonds is 1. The fourth-order valence-electron chi connectivity index (χ4n) is 2.30. The van der Waals surface area contributed by atoms with Crippen LogP contribution in [0.4, 0.5) is 24.5 Å². The van der Waals surface area contributed by atoms with E-state index in [-0.39, 0.29) is 17.4 Å². The molecule has 0 spiro atoms. The minimum atomic E-state index is -4.38. The van der Waals surface area contributed by atoms with Gasteiger partial charge in [0, 0.05) is 35.0 Å². The van der Waals surface area contributed by atoms with E-state index in [0.29, 0.717) is 11.8 Å². The van der Waals surface area contributed by atoms with Gasteiger partial charge in [-0.2, -0.15) is 24.9 Å². The maximum atomic E-state index is 13.1. The zero-order valence-corrected chi connectivity index (χ0v) is 11.7. The van der Waals surface area contributed by atoms with Crippen LogP contribution in [-0.2, 0) is 6.18 Å². The van der Waals surface area contributed by atoms with Gasteiger partial charge in [-0.05, 0) is 25.1 Å². The molecule has 2 atom stereocenters. The number of thioether (sulfide) groups is 1. The quantitative estimate of drug-likeness (QED) is 0.801. The maximum Gasteiger partial charge on any atom is 0.418 e. The number of hydrogen-bond donors (Lipinski definition) is 1. The summed E-state index contributed by atoms with van der Waals surface area (Å²) in [6.45, 7) is 4.64. The zero-order chi connectivity index (χ0) is 14.2. The van der Waals surface area contributed by atoms with Gasteiger partial charge >= 0.3 is 6.18 Å². The smallest absolute Gasteiger partial charge is 0.399 e. The minimum Gasteiger partial charge on any atom is -0.399 e. The van der Waals surface area contributed by atoms with E-state index in [2.05, 4.69) is 0 Å². The summed E-state index contributed by atoms with van der Waals surface area (Å²) in [6.07, 6.45) is -4.38. The molecular formula is C13H17F3N2S. The van der Waals surface area contributed by atoms with Crippen LogP contribution >= 0.6 is 11.8 Å². The summed E-state index contributed by atoms with van der Waals surface area (Å²) in [4.78, 5) is 1.84. The molecule has 2 unspecified atom stereocenters. The van der Waals surface area contributed by atoms with Crippen molar-refractivity contribution >= 4 is 23.1 Å². The lowest BCUT2D eigenvalue weighted by Gasteiger charge is -2.40. The van der Waals surface area contributed by atoms with Crippen molar-refractivity contribution in [2.24, 2.45) is 0 Å². The molecule has 0 radical (unpaired) electrons. The lowest BCUT2D eigenvalue weighted by atomic mass is 10.1. The molecule has 1 saturated heterocycles. The van der Waals surface area contributed by atoms with Crippen LogP contribution in [0, 0.1) is 0 Å². The fourth-order valence-corrected chi connectivity index (χ4v) is 3.40. The van der Waals surface area contributed by atoms with E-state index in [4.69, 9.17) is 5.73 Å². The Labute approximate surface area is 115 Å². The average Bonchev–Trinajstić information content (AvgIpc) is 2.32. The van der Waals surface area contributed by atoms with Crippen molar-refractivity contribution in [2.75, 3.05) is 22.9 Å². The third-order valence-electron chi connectivity index (χ3n) is 3.52. The van der Waals surface area contributed by atoms with Crippen LogP contribution in [0.25, 0.3) is 0 Å². The van der Waals surface area contributed by atoms with Crippen molar-refractivity contribution in [3.05, 3.63) is 23.8 Å². The molecule has 0 amide bonds. The topological polar surface area (TPSA) is 29.3 Å². The Morgan fingerprint density at radius 1 is 1.32 bits per heavy atom. The molecular weight excluding hydrogens is 273 g/mol. The highest BCUT2D eigenvalue weighted by Crippen LogP contribution is 2.40. The molecule has 2 N–H and O–H groups in total. The molecule has 1 fully saturated rings. The van der Waals surface area contributed by atoms with Crippen LogP contribution < -0.4 is 10.6 Å². The molecule has 1 aliphatic heterocycles. The summed E-state index contributed by atoms with van der Waals surface area (Å²) in [5.41, 5.74) is 5.23. The van der Waals surface area contributed by atoms with Crippen molar-refractivity contribution < 1.29 is 13.2 Å². The molecule has 0 saturated carbocycles. The van der Waals surface area contributed by atoms with E-state index in [1.165, 1.54) is 12.1 Å². The molecule has 1 aliphatic rings. The summed E-state index contributed by atoms with van der Waals surface area (Å²) in [6, 6.07) is 4.11. The van der Waals surface area contributed by atoms with E-state index in [1.807, 2.05) is 18.7 Å². The van der Waals surface area contributed by atoms with Crippen molar-refractivity contribution in [3.63, 3.8) is 0 Å². The first-order chi connectivity index (χ1) is 8.80. The lowest BCUT2D eigenvalue weighted by molar-refractivity contribution is -0.137. The van der Waals surface area contributed by atoms with Crippen LogP contribution in [0.15, 0.2) is 18.2 Å². The second kappa shape index (κ2) is 5.15. The highest BCUT2D eigenvalue weighted by Gasteiger charge is 2.37. The first kappa shape index (κ1) is 14.4. The van der Waals surface area contributed by atoms with E-state index in [1.54, 1.807) is 11.8 Å². The molecule has 0 aromatic heterocycles. The second-order valence-electron chi connectivity index (χ2n) is 4.78. The molecule has 0 aliphatic carbocycles. The monoisotopic (exact) mass is 290 g/mol. The van der Waals surface area contributed by atoms with Gasteiger partial charge in [0.1, 0.15) is 0 Å². The Hall–Kier alpha value is -1.04. The van der Waals surface area contributed by atoms with Gasteiger partial charge in [0.15, 0.2) is 0 Å². The van der Waals surface area contributed by atoms with Crippen molar-refractivity contribution in [3.8, 4) is 0 Å². The number of nitrogen functional groups attached to an aromatic ring is 1. The van der Waals surface area contributed by atoms with E-state index in [0.717, 1.165) is 11.8 Å². The van der Waals surface area contributed by atoms with Crippen LogP contribution in [0.1, 0.15) is 19.4 Å². The number of alkyl halides is 3. The Kier molecular flexibility index (Phi) is 3.90. The standard InChI is InChI=1S/C13H17F3N2S/c1-8-9(2)19-6-5-18(8)12-4-3-10(17)7-11(12)13(14,15)16/h3-4,7-9H,5-6,17H2,1-2H3. The highest BCUT2D eigenvalue weighted by atomic mass is 32.2. The Morgan fingerprint density at radius 3 is 2.63 bits per heavy atom. The molecule has 2 nitrogen and oxygen atoms in total. The number of hydrogen-bond acceptors (Lipinski definition) is 3. The van der Waals surface area contributed by atoms with E-state index >= 15 is 0 Å². The number of halogens is 3. The molecule has 1 heterocycles. The van der Waals surface area contributed by atoms with Gasteiger partial charge in [-0.3, -0.25) is 0 Å². The predicted octanol–water partition coefficient (Wildman–Crippen LogP) is 3.62. The molecule has 6 heteroatoms. The first-order valence-corrected chi connectivity index (χ1v) is 7.20. The van der Waals surface area contributed by atoms with Gasteiger partial charge in [-0.25, -0.2) is 0 Å². The highest BCUT2D eigenvalue weighted by molar-refractivity contribution is 8.00. The molecule has 106 valence electrons. The third kappa shape index (κ3) is 2.94. The van der Waals surface area contributed by atoms with Crippen molar-refractivity contribution in [1.82, 2.24) is 0 Å². The number of benzene rings is 1. The van der Waals surface area contributed by atoms with Crippen LogP contribution in [0.2, 0.25) is 0 Å². The lowest BCUT2D eigenvalue weighted by Crippen LogP contribution is -2.45. The average molecular weight is 290 g/mol. The molecule has 2 rings (SSSR count). The Morgan fingerprint density at radius 2 is 2.00 bits per heavy atom. The van der Waals surface area contributed by atoms with Crippen LogP contribution in [0.3, 0.4) is 0 Å². The summed E-state index contributed by atoms with van der Waals surface area (Å²) < 4.78 is 39.4. The SMILES string of the molecule is CC1SCCN(c2ccc(N)cc2C(F)(F)F)C1C. The normalized spacial score (nSPS) is 24.6. The summed E-state index contributed by atoms with van der Waals surface area (Å²) in [5, 5.41) is 0.312. The van der Waals surface area contributed by atoms with Gasteiger partial charge in [0.25, 0.3) is 0 Å². The fraction of sp³-hybridized carbons (Fsp3) is 0.538. The zero-order valence-electron chi connectivity index (χ0n) is 10.9. The van der Waals surface area contributed by atoms with Crippen molar-refractivity contribution in [1.29, 1.82) is 0 Å². The number of anilines is 2. The largest absolute Gasteiger partial charge is 0.418 e. The predicted molar refractivity (Wildman–Crippen MR) is 74.6 cm³/mol. The second-order valence-corrected chi connectivity index (χ2v) is 6.27. The molecule has 0 bridgehead atoms. The number of nitrogens with zero attached hydrogens (tertiary/aromatic N) is 1. The summed E-state index contributed by atoms with van der Waals surface area (Å²) in [5.74, 6) is 0.840. The van der Waals surface area contributed by atoms with Crippen LogP contribution in [-0.4, -0.2) is 23.6 Å². The van der Waals surface area contributed by atoms with Crippen LogP contribution in [0.5, 0.6) is 0 Å². The molecule has 1 aromatic rings. The first-order valence-electron chi connectivity index (χ1n) is 6.15. The van der Waals surface area contributed by atoms with Gasteiger partial charge < -0.3 is 10.6 Å². The van der Waals surface area contributed by atoms with E-state index < -0.39 is 11.7 Å². The molecule has 1 aromatic carbocycles. The summed E-state index contributed by atoms with van der Waals surface area (Å²) in [7, 11) is 0. The maximum absolute atomic E-state index is 13.1. The Balaban J connectivity index is 2.44. The van der Waals surface area contributed by atoms with Gasteiger partial charge in [0.05, 0.1) is 5.56 Å². The van der Waals surface area contributed by atoms with Gasteiger partial charge in [-0.1, -0.05) is 6.92 Å².